The van der Waals surface area contributed by atoms with Crippen molar-refractivity contribution in [1.82, 2.24) is 5.32 Å². The number of nitrogens with one attached hydrogen (secondary N) is 1. The molecule has 6 heteroatoms. The molecule has 1 aromatic heterocycles. The van der Waals surface area contributed by atoms with Crippen LogP contribution in [-0.2, 0) is 11.2 Å². The zero-order chi connectivity index (χ0) is 15.2. The fourth-order valence-electron chi connectivity index (χ4n) is 1.83. The van der Waals surface area contributed by atoms with E-state index in [0.29, 0.717) is 5.75 Å². The van der Waals surface area contributed by atoms with Gasteiger partial charge in [-0.3, -0.25) is 4.79 Å². The number of hydrogen-bond donors (Lipinski definition) is 2. The number of carboxylic acid groups (broad SMARTS) is 1. The molecular weight excluding hydrogens is 274 g/mol. The molecule has 0 bridgehead atoms. The van der Waals surface area contributed by atoms with Crippen molar-refractivity contribution >= 4 is 11.9 Å². The number of benzene rings is 1. The third-order valence-corrected chi connectivity index (χ3v) is 2.95. The van der Waals surface area contributed by atoms with Crippen LogP contribution in [0.15, 0.2) is 47.1 Å². The van der Waals surface area contributed by atoms with E-state index in [1.165, 1.54) is 12.3 Å². The van der Waals surface area contributed by atoms with Crippen LogP contribution in [0.5, 0.6) is 5.75 Å². The van der Waals surface area contributed by atoms with Crippen LogP contribution in [0.4, 0.5) is 0 Å². The molecule has 0 spiro atoms. The zero-order valence-electron chi connectivity index (χ0n) is 11.4. The van der Waals surface area contributed by atoms with Gasteiger partial charge < -0.3 is 19.6 Å². The van der Waals surface area contributed by atoms with E-state index in [1.54, 1.807) is 37.4 Å². The molecule has 0 aliphatic heterocycles. The lowest BCUT2D eigenvalue weighted by Crippen LogP contribution is -2.42. The average molecular weight is 289 g/mol. The predicted octanol–water partition coefficient (Wildman–Crippen LogP) is 1.71. The first kappa shape index (κ1) is 14.6. The summed E-state index contributed by atoms with van der Waals surface area (Å²) in [5.41, 5.74) is 0.781. The van der Waals surface area contributed by atoms with Crippen LogP contribution < -0.4 is 10.1 Å². The summed E-state index contributed by atoms with van der Waals surface area (Å²) in [5, 5.41) is 11.6. The van der Waals surface area contributed by atoms with Crippen molar-refractivity contribution in [1.29, 1.82) is 0 Å². The van der Waals surface area contributed by atoms with Gasteiger partial charge in [-0.15, -0.1) is 0 Å². The van der Waals surface area contributed by atoms with E-state index in [4.69, 9.17) is 9.15 Å². The summed E-state index contributed by atoms with van der Waals surface area (Å²) < 4.78 is 9.97. The van der Waals surface area contributed by atoms with Gasteiger partial charge in [0.05, 0.1) is 13.4 Å². The summed E-state index contributed by atoms with van der Waals surface area (Å²) in [5.74, 6) is -0.895. The molecule has 1 heterocycles. The number of amides is 1. The molecule has 21 heavy (non-hydrogen) atoms. The van der Waals surface area contributed by atoms with Crippen LogP contribution >= 0.6 is 0 Å². The first-order valence-electron chi connectivity index (χ1n) is 6.30. The highest BCUT2D eigenvalue weighted by atomic mass is 16.5. The maximum atomic E-state index is 11.8. The first-order chi connectivity index (χ1) is 10.1. The topological polar surface area (TPSA) is 88.8 Å². The Labute approximate surface area is 121 Å². The largest absolute Gasteiger partial charge is 0.497 e. The summed E-state index contributed by atoms with van der Waals surface area (Å²) >= 11 is 0. The molecule has 2 aromatic rings. The highest BCUT2D eigenvalue weighted by Crippen LogP contribution is 2.13. The second-order valence-electron chi connectivity index (χ2n) is 4.39. The van der Waals surface area contributed by atoms with Crippen molar-refractivity contribution in [3.63, 3.8) is 0 Å². The molecule has 0 radical (unpaired) electrons. The standard InChI is InChI=1S/C15H15NO5/c1-20-11-6-4-10(5-7-11)9-12(15(18)19)16-14(17)13-3-2-8-21-13/h2-8,12H,9H2,1H3,(H,16,17)(H,18,19)/t12-/m0/s1. The quantitative estimate of drug-likeness (QED) is 0.845. The number of furan rings is 1. The molecule has 0 fully saturated rings. The number of carboxylic acids is 1. The van der Waals surface area contributed by atoms with Gasteiger partial charge in [-0.2, -0.15) is 0 Å². The van der Waals surface area contributed by atoms with E-state index >= 15 is 0 Å². The SMILES string of the molecule is COc1ccc(C[C@H](NC(=O)c2ccco2)C(=O)O)cc1. The van der Waals surface area contributed by atoms with Crippen LogP contribution in [0.1, 0.15) is 16.1 Å². The number of carbonyl (C=O) groups is 2. The monoisotopic (exact) mass is 289 g/mol. The minimum Gasteiger partial charge on any atom is -0.497 e. The third kappa shape index (κ3) is 3.85. The van der Waals surface area contributed by atoms with Gasteiger partial charge in [0, 0.05) is 6.42 Å². The average Bonchev–Trinajstić information content (AvgIpc) is 3.01. The van der Waals surface area contributed by atoms with E-state index in [0.717, 1.165) is 5.56 Å². The van der Waals surface area contributed by atoms with E-state index in [1.807, 2.05) is 0 Å². The Balaban J connectivity index is 2.05. The highest BCUT2D eigenvalue weighted by molar-refractivity contribution is 5.94. The summed E-state index contributed by atoms with van der Waals surface area (Å²) in [6.07, 6.45) is 1.53. The molecule has 2 rings (SSSR count). The van der Waals surface area contributed by atoms with Gasteiger partial charge in [-0.1, -0.05) is 12.1 Å². The lowest BCUT2D eigenvalue weighted by molar-refractivity contribution is -0.139. The number of aliphatic carboxylic acids is 1. The van der Waals surface area contributed by atoms with Gasteiger partial charge in [0.15, 0.2) is 5.76 Å². The first-order valence-corrected chi connectivity index (χ1v) is 6.30. The summed E-state index contributed by atoms with van der Waals surface area (Å²) in [4.78, 5) is 23.1. The minimum atomic E-state index is -1.11. The number of rotatable bonds is 6. The Morgan fingerprint density at radius 1 is 1.29 bits per heavy atom. The minimum absolute atomic E-state index is 0.0796. The molecular formula is C15H15NO5. The normalized spacial score (nSPS) is 11.7. The molecule has 1 aromatic carbocycles. The number of hydrogen-bond acceptors (Lipinski definition) is 4. The van der Waals surface area contributed by atoms with Gasteiger partial charge in [0.1, 0.15) is 11.8 Å². The highest BCUT2D eigenvalue weighted by Gasteiger charge is 2.22. The Bertz CT molecular complexity index is 604. The fraction of sp³-hybridized carbons (Fsp3) is 0.200. The van der Waals surface area contributed by atoms with Crippen molar-refractivity contribution < 1.29 is 23.8 Å². The second-order valence-corrected chi connectivity index (χ2v) is 4.39. The molecule has 0 saturated carbocycles. The summed E-state index contributed by atoms with van der Waals surface area (Å²) in [6.45, 7) is 0. The van der Waals surface area contributed by atoms with Crippen molar-refractivity contribution in [2.24, 2.45) is 0 Å². The van der Waals surface area contributed by atoms with E-state index in [-0.39, 0.29) is 12.2 Å². The Hall–Kier alpha value is -2.76. The van der Waals surface area contributed by atoms with Crippen LogP contribution in [0.3, 0.4) is 0 Å². The second kappa shape index (κ2) is 6.60. The summed E-state index contributed by atoms with van der Waals surface area (Å²) in [6, 6.07) is 9.00. The van der Waals surface area contributed by atoms with Crippen LogP contribution in [0.2, 0.25) is 0 Å². The molecule has 0 unspecified atom stereocenters. The maximum Gasteiger partial charge on any atom is 0.326 e. The van der Waals surface area contributed by atoms with Crippen molar-refractivity contribution in [3.05, 3.63) is 54.0 Å². The molecule has 110 valence electrons. The molecule has 0 saturated heterocycles. The third-order valence-electron chi connectivity index (χ3n) is 2.95. The Morgan fingerprint density at radius 3 is 2.52 bits per heavy atom. The maximum absolute atomic E-state index is 11.8. The van der Waals surface area contributed by atoms with Crippen LogP contribution in [0.25, 0.3) is 0 Å². The lowest BCUT2D eigenvalue weighted by atomic mass is 10.1. The predicted molar refractivity (Wildman–Crippen MR) is 74.3 cm³/mol. The Kier molecular flexibility index (Phi) is 4.61. The van der Waals surface area contributed by atoms with E-state index < -0.39 is 17.9 Å². The fourth-order valence-corrected chi connectivity index (χ4v) is 1.83. The van der Waals surface area contributed by atoms with Crippen LogP contribution in [-0.4, -0.2) is 30.1 Å². The number of ether oxygens (including phenoxy) is 1. The van der Waals surface area contributed by atoms with Crippen molar-refractivity contribution in [2.75, 3.05) is 7.11 Å². The summed E-state index contributed by atoms with van der Waals surface area (Å²) in [7, 11) is 1.55. The smallest absolute Gasteiger partial charge is 0.326 e. The number of carbonyl (C=O) groups excluding carboxylic acids is 1. The molecule has 2 N–H and O–H groups in total. The van der Waals surface area contributed by atoms with Crippen molar-refractivity contribution in [2.45, 2.75) is 12.5 Å². The lowest BCUT2D eigenvalue weighted by Gasteiger charge is -2.14. The zero-order valence-corrected chi connectivity index (χ0v) is 11.4. The van der Waals surface area contributed by atoms with E-state index in [9.17, 15) is 14.7 Å². The van der Waals surface area contributed by atoms with E-state index in [2.05, 4.69) is 5.32 Å². The van der Waals surface area contributed by atoms with Gasteiger partial charge in [-0.05, 0) is 29.8 Å². The molecule has 0 aliphatic carbocycles. The van der Waals surface area contributed by atoms with Gasteiger partial charge in [-0.25, -0.2) is 4.79 Å². The molecule has 1 amide bonds. The van der Waals surface area contributed by atoms with Gasteiger partial charge in [0.2, 0.25) is 0 Å². The van der Waals surface area contributed by atoms with Crippen LogP contribution in [0, 0.1) is 0 Å². The molecule has 1 atom stereocenters. The Morgan fingerprint density at radius 2 is 2.00 bits per heavy atom. The number of methoxy groups -OCH3 is 1. The van der Waals surface area contributed by atoms with Crippen molar-refractivity contribution in [3.8, 4) is 5.75 Å². The molecule has 6 nitrogen and oxygen atoms in total. The van der Waals surface area contributed by atoms with Gasteiger partial charge in [0.25, 0.3) is 5.91 Å². The van der Waals surface area contributed by atoms with Gasteiger partial charge >= 0.3 is 5.97 Å². The molecule has 0 aliphatic rings.